The Hall–Kier alpha value is -2.86. The molecule has 25 heavy (non-hydrogen) atoms. The SMILES string of the molecule is CNCCCC(=O)Nc1cccc(OCc2cn3ccccc3n2)c1. The number of aromatic nitrogens is 2. The summed E-state index contributed by atoms with van der Waals surface area (Å²) in [7, 11) is 1.88. The van der Waals surface area contributed by atoms with E-state index in [2.05, 4.69) is 15.6 Å². The number of amides is 1. The van der Waals surface area contributed by atoms with Gasteiger partial charge in [0.15, 0.2) is 0 Å². The summed E-state index contributed by atoms with van der Waals surface area (Å²) < 4.78 is 7.76. The van der Waals surface area contributed by atoms with Gasteiger partial charge in [0, 0.05) is 30.6 Å². The fraction of sp³-hybridized carbons (Fsp3) is 0.263. The zero-order chi connectivity index (χ0) is 17.5. The van der Waals surface area contributed by atoms with Gasteiger partial charge in [0.25, 0.3) is 0 Å². The van der Waals surface area contributed by atoms with Crippen molar-refractivity contribution in [2.75, 3.05) is 18.9 Å². The number of imidazole rings is 1. The summed E-state index contributed by atoms with van der Waals surface area (Å²) in [4.78, 5) is 16.4. The van der Waals surface area contributed by atoms with Crippen molar-refractivity contribution < 1.29 is 9.53 Å². The molecule has 0 spiro atoms. The van der Waals surface area contributed by atoms with Gasteiger partial charge in [-0.15, -0.1) is 0 Å². The highest BCUT2D eigenvalue weighted by Crippen LogP contribution is 2.19. The molecule has 6 nitrogen and oxygen atoms in total. The molecule has 2 aromatic heterocycles. The molecule has 0 radical (unpaired) electrons. The molecule has 0 aliphatic carbocycles. The van der Waals surface area contributed by atoms with E-state index in [-0.39, 0.29) is 5.91 Å². The molecule has 2 heterocycles. The number of ether oxygens (including phenoxy) is 1. The monoisotopic (exact) mass is 338 g/mol. The Kier molecular flexibility index (Phi) is 5.64. The van der Waals surface area contributed by atoms with Crippen LogP contribution in [0.2, 0.25) is 0 Å². The number of nitrogens with one attached hydrogen (secondary N) is 2. The minimum atomic E-state index is 0.00718. The summed E-state index contributed by atoms with van der Waals surface area (Å²) >= 11 is 0. The zero-order valence-corrected chi connectivity index (χ0v) is 14.2. The number of hydrogen-bond acceptors (Lipinski definition) is 4. The standard InChI is InChI=1S/C19H22N4O2/c1-20-10-5-9-19(24)22-15-6-4-7-17(12-15)25-14-16-13-23-11-3-2-8-18(23)21-16/h2-4,6-8,11-13,20H,5,9-10,14H2,1H3,(H,22,24). The molecule has 1 amide bonds. The van der Waals surface area contributed by atoms with Crippen molar-refractivity contribution in [3.05, 3.63) is 60.6 Å². The Morgan fingerprint density at radius 2 is 2.16 bits per heavy atom. The summed E-state index contributed by atoms with van der Waals surface area (Å²) in [5, 5.41) is 5.92. The molecule has 1 aromatic carbocycles. The Morgan fingerprint density at radius 3 is 3.00 bits per heavy atom. The van der Waals surface area contributed by atoms with E-state index in [1.807, 2.05) is 66.3 Å². The maximum Gasteiger partial charge on any atom is 0.224 e. The molecule has 0 aliphatic rings. The van der Waals surface area contributed by atoms with Gasteiger partial charge in [0.2, 0.25) is 5.91 Å². The first-order chi connectivity index (χ1) is 12.2. The molecule has 3 rings (SSSR count). The third-order valence-corrected chi connectivity index (χ3v) is 3.75. The van der Waals surface area contributed by atoms with Crippen LogP contribution in [0.1, 0.15) is 18.5 Å². The van der Waals surface area contributed by atoms with Gasteiger partial charge in [-0.1, -0.05) is 12.1 Å². The van der Waals surface area contributed by atoms with E-state index in [0.717, 1.165) is 30.0 Å². The predicted molar refractivity (Wildman–Crippen MR) is 97.8 cm³/mol. The largest absolute Gasteiger partial charge is 0.487 e. The Balaban J connectivity index is 1.56. The average molecular weight is 338 g/mol. The van der Waals surface area contributed by atoms with Crippen LogP contribution in [0.5, 0.6) is 5.75 Å². The highest BCUT2D eigenvalue weighted by atomic mass is 16.5. The second-order valence-electron chi connectivity index (χ2n) is 5.77. The summed E-state index contributed by atoms with van der Waals surface area (Å²) in [5.74, 6) is 0.706. The second kappa shape index (κ2) is 8.30. The number of fused-ring (bicyclic) bond motifs is 1. The van der Waals surface area contributed by atoms with E-state index >= 15 is 0 Å². The topological polar surface area (TPSA) is 67.7 Å². The molecule has 0 fully saturated rings. The number of nitrogens with zero attached hydrogens (tertiary/aromatic N) is 2. The number of hydrogen-bond donors (Lipinski definition) is 2. The predicted octanol–water partition coefficient (Wildman–Crippen LogP) is 2.85. The van der Waals surface area contributed by atoms with Gasteiger partial charge in [0.1, 0.15) is 18.0 Å². The molecule has 0 saturated carbocycles. The lowest BCUT2D eigenvalue weighted by Gasteiger charge is -2.08. The number of carbonyl (C=O) groups excluding carboxylic acids is 1. The van der Waals surface area contributed by atoms with E-state index in [9.17, 15) is 4.79 Å². The van der Waals surface area contributed by atoms with Crippen LogP contribution in [0.4, 0.5) is 5.69 Å². The van der Waals surface area contributed by atoms with Crippen molar-refractivity contribution in [3.8, 4) is 5.75 Å². The zero-order valence-electron chi connectivity index (χ0n) is 14.2. The van der Waals surface area contributed by atoms with Crippen LogP contribution in [0, 0.1) is 0 Å². The van der Waals surface area contributed by atoms with E-state index in [4.69, 9.17) is 4.74 Å². The van der Waals surface area contributed by atoms with Crippen molar-refractivity contribution in [1.29, 1.82) is 0 Å². The number of anilines is 1. The summed E-state index contributed by atoms with van der Waals surface area (Å²) in [6, 6.07) is 13.3. The summed E-state index contributed by atoms with van der Waals surface area (Å²) in [6.07, 6.45) is 5.21. The maximum absolute atomic E-state index is 11.9. The molecule has 6 heteroatoms. The van der Waals surface area contributed by atoms with Gasteiger partial charge >= 0.3 is 0 Å². The van der Waals surface area contributed by atoms with Gasteiger partial charge in [0.05, 0.1) is 5.69 Å². The quantitative estimate of drug-likeness (QED) is 0.620. The number of benzene rings is 1. The van der Waals surface area contributed by atoms with E-state index in [1.165, 1.54) is 0 Å². The first-order valence-electron chi connectivity index (χ1n) is 8.34. The van der Waals surface area contributed by atoms with Crippen LogP contribution < -0.4 is 15.4 Å². The molecule has 0 saturated heterocycles. The van der Waals surface area contributed by atoms with Crippen molar-refractivity contribution in [2.24, 2.45) is 0 Å². The Labute approximate surface area is 146 Å². The molecule has 0 bridgehead atoms. The Morgan fingerprint density at radius 1 is 1.24 bits per heavy atom. The van der Waals surface area contributed by atoms with E-state index < -0.39 is 0 Å². The molecule has 3 aromatic rings. The molecule has 0 unspecified atom stereocenters. The van der Waals surface area contributed by atoms with Gasteiger partial charge < -0.3 is 19.8 Å². The lowest BCUT2D eigenvalue weighted by atomic mass is 10.2. The van der Waals surface area contributed by atoms with Crippen molar-refractivity contribution in [3.63, 3.8) is 0 Å². The number of pyridine rings is 1. The molecule has 0 atom stereocenters. The highest BCUT2D eigenvalue weighted by molar-refractivity contribution is 5.90. The Bertz CT molecular complexity index is 811. The van der Waals surface area contributed by atoms with Crippen molar-refractivity contribution in [2.45, 2.75) is 19.4 Å². The van der Waals surface area contributed by atoms with E-state index in [1.54, 1.807) is 0 Å². The van der Waals surface area contributed by atoms with Crippen LogP contribution >= 0.6 is 0 Å². The first-order valence-corrected chi connectivity index (χ1v) is 8.34. The van der Waals surface area contributed by atoms with Gasteiger partial charge in [-0.25, -0.2) is 4.98 Å². The lowest BCUT2D eigenvalue weighted by Crippen LogP contribution is -2.15. The second-order valence-corrected chi connectivity index (χ2v) is 5.77. The van der Waals surface area contributed by atoms with Crippen LogP contribution in [0.15, 0.2) is 54.9 Å². The first kappa shape index (κ1) is 17.0. The minimum Gasteiger partial charge on any atom is -0.487 e. The maximum atomic E-state index is 11.9. The fourth-order valence-corrected chi connectivity index (χ4v) is 2.53. The van der Waals surface area contributed by atoms with Crippen molar-refractivity contribution in [1.82, 2.24) is 14.7 Å². The average Bonchev–Trinajstić information content (AvgIpc) is 3.03. The van der Waals surface area contributed by atoms with Crippen LogP contribution in [0.3, 0.4) is 0 Å². The summed E-state index contributed by atoms with van der Waals surface area (Å²) in [6.45, 7) is 1.21. The number of rotatable bonds is 8. The fourth-order valence-electron chi connectivity index (χ4n) is 2.53. The summed E-state index contributed by atoms with van der Waals surface area (Å²) in [5.41, 5.74) is 2.48. The van der Waals surface area contributed by atoms with E-state index in [0.29, 0.717) is 18.8 Å². The molecule has 0 aliphatic heterocycles. The van der Waals surface area contributed by atoms with Gasteiger partial charge in [-0.05, 0) is 44.3 Å². The third kappa shape index (κ3) is 4.81. The molecular formula is C19H22N4O2. The lowest BCUT2D eigenvalue weighted by molar-refractivity contribution is -0.116. The minimum absolute atomic E-state index is 0.00718. The molecular weight excluding hydrogens is 316 g/mol. The molecule has 2 N–H and O–H groups in total. The third-order valence-electron chi connectivity index (χ3n) is 3.75. The van der Waals surface area contributed by atoms with Gasteiger partial charge in [-0.3, -0.25) is 4.79 Å². The van der Waals surface area contributed by atoms with Crippen LogP contribution in [0.25, 0.3) is 5.65 Å². The van der Waals surface area contributed by atoms with Gasteiger partial charge in [-0.2, -0.15) is 0 Å². The van der Waals surface area contributed by atoms with Crippen molar-refractivity contribution >= 4 is 17.2 Å². The van der Waals surface area contributed by atoms with Crippen LogP contribution in [-0.4, -0.2) is 28.9 Å². The normalized spacial score (nSPS) is 10.8. The highest BCUT2D eigenvalue weighted by Gasteiger charge is 2.05. The molecule has 130 valence electrons. The smallest absolute Gasteiger partial charge is 0.224 e. The number of carbonyl (C=O) groups is 1. The van der Waals surface area contributed by atoms with Crippen LogP contribution in [-0.2, 0) is 11.4 Å².